The standard InChI is InChI=1S/C14H17IN2/c1-10(5-4-8-15)12-6-7-14-13(9-12)16-11(2)17(14)3/h4,6-10H,5H2,1-3H3/b8-4+/t10-/m1/s1. The summed E-state index contributed by atoms with van der Waals surface area (Å²) in [4.78, 5) is 4.58. The van der Waals surface area contributed by atoms with Gasteiger partial charge in [0, 0.05) is 7.05 Å². The van der Waals surface area contributed by atoms with Crippen LogP contribution in [0.4, 0.5) is 0 Å². The molecule has 0 bridgehead atoms. The molecule has 1 heterocycles. The van der Waals surface area contributed by atoms with Crippen molar-refractivity contribution in [2.45, 2.75) is 26.2 Å². The highest BCUT2D eigenvalue weighted by Gasteiger charge is 2.08. The van der Waals surface area contributed by atoms with E-state index in [1.54, 1.807) is 0 Å². The zero-order valence-electron chi connectivity index (χ0n) is 10.4. The van der Waals surface area contributed by atoms with Gasteiger partial charge in [-0.2, -0.15) is 0 Å². The molecule has 90 valence electrons. The van der Waals surface area contributed by atoms with Gasteiger partial charge in [-0.25, -0.2) is 4.98 Å². The number of aryl methyl sites for hydroxylation is 2. The molecular formula is C14H17IN2. The summed E-state index contributed by atoms with van der Waals surface area (Å²) in [6.07, 6.45) is 3.29. The molecule has 0 radical (unpaired) electrons. The number of allylic oxidation sites excluding steroid dienone is 1. The van der Waals surface area contributed by atoms with Gasteiger partial charge in [0.05, 0.1) is 11.0 Å². The van der Waals surface area contributed by atoms with E-state index < -0.39 is 0 Å². The molecule has 2 nitrogen and oxygen atoms in total. The average Bonchev–Trinajstić information content (AvgIpc) is 2.61. The average molecular weight is 340 g/mol. The van der Waals surface area contributed by atoms with Gasteiger partial charge in [0.25, 0.3) is 0 Å². The molecule has 2 aromatic rings. The Bertz CT molecular complexity index is 555. The Hall–Kier alpha value is -0.840. The lowest BCUT2D eigenvalue weighted by atomic mass is 9.97. The highest BCUT2D eigenvalue weighted by molar-refractivity contribution is 14.1. The molecule has 0 aliphatic heterocycles. The van der Waals surface area contributed by atoms with Crippen molar-refractivity contribution in [2.75, 3.05) is 0 Å². The smallest absolute Gasteiger partial charge is 0.106 e. The molecule has 1 atom stereocenters. The first-order chi connectivity index (χ1) is 8.13. The second kappa shape index (κ2) is 5.21. The lowest BCUT2D eigenvalue weighted by molar-refractivity contribution is 0.783. The molecular weight excluding hydrogens is 323 g/mol. The molecule has 0 N–H and O–H groups in total. The van der Waals surface area contributed by atoms with Crippen LogP contribution >= 0.6 is 22.6 Å². The molecule has 0 fully saturated rings. The van der Waals surface area contributed by atoms with Crippen molar-refractivity contribution in [2.24, 2.45) is 7.05 Å². The van der Waals surface area contributed by atoms with Crippen LogP contribution in [0.25, 0.3) is 11.0 Å². The van der Waals surface area contributed by atoms with Crippen molar-refractivity contribution in [3.63, 3.8) is 0 Å². The van der Waals surface area contributed by atoms with Gasteiger partial charge in [0.15, 0.2) is 0 Å². The first-order valence-electron chi connectivity index (χ1n) is 5.81. The first kappa shape index (κ1) is 12.6. The van der Waals surface area contributed by atoms with E-state index >= 15 is 0 Å². The molecule has 2 rings (SSSR count). The summed E-state index contributed by atoms with van der Waals surface area (Å²) in [6.45, 7) is 4.30. The summed E-state index contributed by atoms with van der Waals surface area (Å²) in [5.74, 6) is 1.62. The van der Waals surface area contributed by atoms with E-state index in [9.17, 15) is 0 Å². The quantitative estimate of drug-likeness (QED) is 0.761. The fraction of sp³-hybridized carbons (Fsp3) is 0.357. The summed E-state index contributed by atoms with van der Waals surface area (Å²) in [5.41, 5.74) is 3.68. The van der Waals surface area contributed by atoms with E-state index in [2.05, 4.69) is 74.5 Å². The van der Waals surface area contributed by atoms with E-state index in [0.29, 0.717) is 5.92 Å². The minimum absolute atomic E-state index is 0.549. The third kappa shape index (κ3) is 2.54. The van der Waals surface area contributed by atoms with E-state index in [-0.39, 0.29) is 0 Å². The second-order valence-corrected chi connectivity index (χ2v) is 5.18. The fourth-order valence-corrected chi connectivity index (χ4v) is 2.33. The molecule has 0 saturated heterocycles. The highest BCUT2D eigenvalue weighted by Crippen LogP contribution is 2.24. The van der Waals surface area contributed by atoms with Gasteiger partial charge in [0.2, 0.25) is 0 Å². The maximum atomic E-state index is 4.58. The Labute approximate surface area is 116 Å². The Morgan fingerprint density at radius 1 is 1.47 bits per heavy atom. The molecule has 1 aromatic heterocycles. The third-order valence-electron chi connectivity index (χ3n) is 3.28. The van der Waals surface area contributed by atoms with Crippen LogP contribution < -0.4 is 0 Å². The summed E-state index contributed by atoms with van der Waals surface area (Å²) in [7, 11) is 2.06. The molecule has 0 saturated carbocycles. The molecule has 0 unspecified atom stereocenters. The fourth-order valence-electron chi connectivity index (χ4n) is 2.04. The molecule has 0 amide bonds. The number of imidazole rings is 1. The van der Waals surface area contributed by atoms with Crippen LogP contribution in [0, 0.1) is 6.92 Å². The number of benzene rings is 1. The zero-order valence-corrected chi connectivity index (χ0v) is 12.6. The van der Waals surface area contributed by atoms with Crippen molar-refractivity contribution >= 4 is 33.6 Å². The monoisotopic (exact) mass is 340 g/mol. The van der Waals surface area contributed by atoms with Gasteiger partial charge < -0.3 is 4.57 Å². The number of rotatable bonds is 3. The Morgan fingerprint density at radius 3 is 2.94 bits per heavy atom. The van der Waals surface area contributed by atoms with E-state index in [1.807, 2.05) is 6.92 Å². The number of fused-ring (bicyclic) bond motifs is 1. The van der Waals surface area contributed by atoms with Gasteiger partial charge in [-0.3, -0.25) is 0 Å². The number of hydrogen-bond donors (Lipinski definition) is 0. The first-order valence-corrected chi connectivity index (χ1v) is 7.06. The van der Waals surface area contributed by atoms with Crippen molar-refractivity contribution in [1.29, 1.82) is 0 Å². The lowest BCUT2D eigenvalue weighted by Crippen LogP contribution is -1.92. The minimum atomic E-state index is 0.549. The molecule has 0 spiro atoms. The van der Waals surface area contributed by atoms with Crippen LogP contribution in [0.5, 0.6) is 0 Å². The SMILES string of the molecule is Cc1nc2cc([C@H](C)C/C=C/I)ccc2n1C. The number of halogens is 1. The Balaban J connectivity index is 2.37. The zero-order chi connectivity index (χ0) is 12.4. The van der Waals surface area contributed by atoms with Crippen molar-refractivity contribution in [3.05, 3.63) is 39.7 Å². The van der Waals surface area contributed by atoms with Crippen molar-refractivity contribution in [3.8, 4) is 0 Å². The van der Waals surface area contributed by atoms with Crippen LogP contribution in [0.15, 0.2) is 28.4 Å². The van der Waals surface area contributed by atoms with Crippen molar-refractivity contribution < 1.29 is 0 Å². The summed E-state index contributed by atoms with van der Waals surface area (Å²) in [6, 6.07) is 6.61. The van der Waals surface area contributed by atoms with Gasteiger partial charge in [0.1, 0.15) is 5.82 Å². The molecule has 0 aliphatic rings. The molecule has 3 heteroatoms. The summed E-state index contributed by atoms with van der Waals surface area (Å²) in [5, 5.41) is 0. The van der Waals surface area contributed by atoms with Crippen LogP contribution in [0.2, 0.25) is 0 Å². The van der Waals surface area contributed by atoms with E-state index in [0.717, 1.165) is 17.8 Å². The van der Waals surface area contributed by atoms with E-state index in [1.165, 1.54) is 11.1 Å². The highest BCUT2D eigenvalue weighted by atomic mass is 127. The molecule has 0 aliphatic carbocycles. The minimum Gasteiger partial charge on any atom is -0.331 e. The topological polar surface area (TPSA) is 17.8 Å². The van der Waals surface area contributed by atoms with E-state index in [4.69, 9.17) is 0 Å². The number of hydrogen-bond acceptors (Lipinski definition) is 1. The maximum Gasteiger partial charge on any atom is 0.106 e. The lowest BCUT2D eigenvalue weighted by Gasteiger charge is -2.09. The maximum absolute atomic E-state index is 4.58. The summed E-state index contributed by atoms with van der Waals surface area (Å²) < 4.78 is 4.21. The molecule has 1 aromatic carbocycles. The van der Waals surface area contributed by atoms with Gasteiger partial charge >= 0.3 is 0 Å². The molecule has 17 heavy (non-hydrogen) atoms. The largest absolute Gasteiger partial charge is 0.331 e. The van der Waals surface area contributed by atoms with Crippen LogP contribution in [0.3, 0.4) is 0 Å². The van der Waals surface area contributed by atoms with Gasteiger partial charge in [-0.1, -0.05) is 41.7 Å². The van der Waals surface area contributed by atoms with Crippen LogP contribution in [-0.4, -0.2) is 9.55 Å². The predicted octanol–water partition coefficient (Wildman–Crippen LogP) is 4.32. The predicted molar refractivity (Wildman–Crippen MR) is 81.6 cm³/mol. The summed E-state index contributed by atoms with van der Waals surface area (Å²) >= 11 is 2.27. The third-order valence-corrected chi connectivity index (χ3v) is 3.78. The Morgan fingerprint density at radius 2 is 2.24 bits per heavy atom. The normalized spacial score (nSPS) is 13.6. The number of aromatic nitrogens is 2. The Kier molecular flexibility index (Phi) is 3.86. The van der Waals surface area contributed by atoms with Crippen LogP contribution in [0.1, 0.15) is 30.7 Å². The number of nitrogens with zero attached hydrogens (tertiary/aromatic N) is 2. The van der Waals surface area contributed by atoms with Gasteiger partial charge in [-0.15, -0.1) is 0 Å². The van der Waals surface area contributed by atoms with Crippen LogP contribution in [-0.2, 0) is 7.05 Å². The second-order valence-electron chi connectivity index (χ2n) is 4.46. The van der Waals surface area contributed by atoms with Gasteiger partial charge in [-0.05, 0) is 41.0 Å². The van der Waals surface area contributed by atoms with Crippen molar-refractivity contribution in [1.82, 2.24) is 9.55 Å².